The van der Waals surface area contributed by atoms with Crippen LogP contribution in [0, 0.1) is 12.0 Å². The van der Waals surface area contributed by atoms with Crippen molar-refractivity contribution in [2.24, 2.45) is 5.41 Å². The van der Waals surface area contributed by atoms with Crippen molar-refractivity contribution < 1.29 is 13.2 Å². The Morgan fingerprint density at radius 3 is 2.50 bits per heavy atom. The Hall–Kier alpha value is -2.80. The van der Waals surface area contributed by atoms with Gasteiger partial charge in [0.1, 0.15) is 0 Å². The molecule has 1 fully saturated rings. The Kier molecular flexibility index (Phi) is 6.51. The van der Waals surface area contributed by atoms with Crippen LogP contribution in [0.3, 0.4) is 0 Å². The van der Waals surface area contributed by atoms with Crippen LogP contribution < -0.4 is 5.32 Å². The number of likely N-dealkylation sites (N-methyl/N-ethyl adjacent to an activating group) is 2. The summed E-state index contributed by atoms with van der Waals surface area (Å²) in [5.41, 5.74) is 4.56. The molecule has 4 rings (SSSR count). The number of hydrogen-bond donors (Lipinski definition) is 1. The molecule has 8 nitrogen and oxygen atoms in total. The number of pyridine rings is 1. The zero-order valence-electron chi connectivity index (χ0n) is 20.1. The summed E-state index contributed by atoms with van der Waals surface area (Å²) < 4.78 is 27.4. The van der Waals surface area contributed by atoms with E-state index in [9.17, 15) is 13.2 Å². The van der Waals surface area contributed by atoms with Gasteiger partial charge in [0.2, 0.25) is 0 Å². The number of nitrogens with zero attached hydrogens (tertiary/aromatic N) is 4. The van der Waals surface area contributed by atoms with Crippen LogP contribution in [-0.4, -0.2) is 55.1 Å². The summed E-state index contributed by atoms with van der Waals surface area (Å²) in [6.07, 6.45) is 8.84. The lowest BCUT2D eigenvalue weighted by Crippen LogP contribution is -2.49. The monoisotopic (exact) mass is 481 g/mol. The zero-order chi connectivity index (χ0) is 24.7. The fourth-order valence-corrected chi connectivity index (χ4v) is 5.79. The molecule has 0 aromatic carbocycles. The number of allylic oxidation sites excluding steroid dienone is 4. The molecule has 1 aromatic heterocycles. The van der Waals surface area contributed by atoms with E-state index in [0.717, 1.165) is 36.2 Å². The van der Waals surface area contributed by atoms with Crippen LogP contribution in [0.15, 0.2) is 41.6 Å². The molecule has 0 atom stereocenters. The smallest absolute Gasteiger partial charge is 0.281 e. The van der Waals surface area contributed by atoms with Gasteiger partial charge in [0, 0.05) is 44.4 Å². The first-order chi connectivity index (χ1) is 16.0. The van der Waals surface area contributed by atoms with Gasteiger partial charge in [-0.2, -0.15) is 17.0 Å². The van der Waals surface area contributed by atoms with Crippen LogP contribution in [0.1, 0.15) is 56.8 Å². The van der Waals surface area contributed by atoms with Crippen LogP contribution >= 0.6 is 0 Å². The van der Waals surface area contributed by atoms with Crippen molar-refractivity contribution in [3.8, 4) is 0 Å². The number of anilines is 1. The van der Waals surface area contributed by atoms with Crippen molar-refractivity contribution in [2.45, 2.75) is 45.4 Å². The second-order valence-electron chi connectivity index (χ2n) is 10.1. The van der Waals surface area contributed by atoms with Crippen molar-refractivity contribution in [3.05, 3.63) is 64.4 Å². The Morgan fingerprint density at radius 2 is 1.91 bits per heavy atom. The van der Waals surface area contributed by atoms with Crippen LogP contribution in [-0.2, 0) is 15.0 Å². The highest BCUT2D eigenvalue weighted by atomic mass is 32.2. The number of rotatable bonds is 4. The zero-order valence-corrected chi connectivity index (χ0v) is 20.9. The molecule has 0 radical (unpaired) electrons. The van der Waals surface area contributed by atoms with Crippen molar-refractivity contribution in [2.75, 3.05) is 32.5 Å². The van der Waals surface area contributed by atoms with Crippen LogP contribution in [0.4, 0.5) is 5.69 Å². The molecule has 2 heterocycles. The number of aromatic nitrogens is 1. The first kappa shape index (κ1) is 24.3. The maximum atomic E-state index is 12.9. The van der Waals surface area contributed by atoms with Gasteiger partial charge in [0.25, 0.3) is 16.1 Å². The largest absolute Gasteiger partial charge is 0.320 e. The summed E-state index contributed by atoms with van der Waals surface area (Å²) in [6.45, 7) is 12.3. The molecule has 1 aliphatic heterocycles. The van der Waals surface area contributed by atoms with Gasteiger partial charge >= 0.3 is 0 Å². The normalized spacial score (nSPS) is 23.0. The average Bonchev–Trinajstić information content (AvgIpc) is 3.27. The van der Waals surface area contributed by atoms with Gasteiger partial charge < -0.3 is 5.32 Å². The predicted octanol–water partition coefficient (Wildman–Crippen LogP) is 3.95. The van der Waals surface area contributed by atoms with E-state index < -0.39 is 10.2 Å². The Morgan fingerprint density at radius 1 is 1.21 bits per heavy atom. The SMILES string of the molecule is [C-]#[N+]C1=CCC(C(=O)Nc2ccc(C3CN(C)S(=O)(=O)N(C)C3)nc2C2=CCC(C)(C)CC2)=C1. The minimum absolute atomic E-state index is 0.0781. The minimum atomic E-state index is -3.43. The first-order valence-corrected chi connectivity index (χ1v) is 12.9. The molecule has 2 aliphatic carbocycles. The van der Waals surface area contributed by atoms with Gasteiger partial charge in [-0.3, -0.25) is 9.78 Å². The topological polar surface area (TPSA) is 87.0 Å². The molecule has 1 amide bonds. The van der Waals surface area contributed by atoms with Gasteiger partial charge in [-0.1, -0.05) is 26.0 Å². The van der Waals surface area contributed by atoms with Crippen molar-refractivity contribution in [1.82, 2.24) is 13.6 Å². The molecular weight excluding hydrogens is 450 g/mol. The van der Waals surface area contributed by atoms with Gasteiger partial charge in [0.05, 0.1) is 18.0 Å². The molecule has 0 unspecified atom stereocenters. The summed E-state index contributed by atoms with van der Waals surface area (Å²) in [7, 11) is -0.260. The van der Waals surface area contributed by atoms with E-state index in [2.05, 4.69) is 30.1 Å². The van der Waals surface area contributed by atoms with E-state index in [-0.39, 0.29) is 17.2 Å². The third kappa shape index (κ3) is 4.85. The maximum absolute atomic E-state index is 12.9. The third-order valence-electron chi connectivity index (χ3n) is 6.88. The number of nitrogens with one attached hydrogen (secondary N) is 1. The highest BCUT2D eigenvalue weighted by Gasteiger charge is 2.35. The highest BCUT2D eigenvalue weighted by Crippen LogP contribution is 2.40. The van der Waals surface area contributed by atoms with Crippen LogP contribution in [0.2, 0.25) is 0 Å². The Labute approximate surface area is 202 Å². The lowest BCUT2D eigenvalue weighted by Gasteiger charge is -2.35. The number of carbonyl (C=O) groups is 1. The summed E-state index contributed by atoms with van der Waals surface area (Å²) >= 11 is 0. The van der Waals surface area contributed by atoms with Crippen LogP contribution in [0.25, 0.3) is 10.4 Å². The number of carbonyl (C=O) groups excluding carboxylic acids is 1. The van der Waals surface area contributed by atoms with Gasteiger partial charge in [-0.25, -0.2) is 4.85 Å². The summed E-state index contributed by atoms with van der Waals surface area (Å²) in [6, 6.07) is 3.75. The Bertz CT molecular complexity index is 1240. The summed E-state index contributed by atoms with van der Waals surface area (Å²) in [4.78, 5) is 21.3. The lowest BCUT2D eigenvalue weighted by atomic mass is 9.77. The van der Waals surface area contributed by atoms with Gasteiger partial charge in [-0.05, 0) is 54.9 Å². The van der Waals surface area contributed by atoms with E-state index in [1.807, 2.05) is 12.1 Å². The molecule has 34 heavy (non-hydrogen) atoms. The molecule has 1 saturated heterocycles. The van der Waals surface area contributed by atoms with E-state index in [0.29, 0.717) is 36.5 Å². The molecule has 1 aromatic rings. The van der Waals surface area contributed by atoms with E-state index in [4.69, 9.17) is 11.6 Å². The summed E-state index contributed by atoms with van der Waals surface area (Å²) in [5.74, 6) is -0.309. The fourth-order valence-electron chi connectivity index (χ4n) is 4.58. The maximum Gasteiger partial charge on any atom is 0.281 e. The molecule has 9 heteroatoms. The molecule has 1 N–H and O–H groups in total. The van der Waals surface area contributed by atoms with E-state index in [1.54, 1.807) is 26.2 Å². The van der Waals surface area contributed by atoms with Gasteiger partial charge in [0.15, 0.2) is 5.70 Å². The highest BCUT2D eigenvalue weighted by molar-refractivity contribution is 7.86. The second kappa shape index (κ2) is 9.10. The standard InChI is InChI=1S/C25H31N5O3S/c1-25(2)12-10-17(11-13-25)23-22(28-24(31)18-6-7-20(14-18)26-3)9-8-21(27-23)19-15-29(4)34(32,33)30(5)16-19/h7-10,14,19H,6,11-13,15-16H2,1-2,4-5H3,(H,28,31). The van der Waals surface area contributed by atoms with E-state index >= 15 is 0 Å². The fraction of sp³-hybridized carbons (Fsp3) is 0.480. The number of amides is 1. The molecular formula is C25H31N5O3S. The average molecular weight is 482 g/mol. The third-order valence-corrected chi connectivity index (χ3v) is 8.75. The van der Waals surface area contributed by atoms with Crippen molar-refractivity contribution in [3.63, 3.8) is 0 Å². The van der Waals surface area contributed by atoms with Crippen molar-refractivity contribution in [1.29, 1.82) is 0 Å². The predicted molar refractivity (Wildman–Crippen MR) is 133 cm³/mol. The lowest BCUT2D eigenvalue weighted by molar-refractivity contribution is -0.112. The molecule has 180 valence electrons. The molecule has 0 spiro atoms. The Balaban J connectivity index is 1.66. The van der Waals surface area contributed by atoms with Crippen LogP contribution in [0.5, 0.6) is 0 Å². The summed E-state index contributed by atoms with van der Waals surface area (Å²) in [5, 5.41) is 3.01. The van der Waals surface area contributed by atoms with E-state index in [1.165, 1.54) is 8.61 Å². The molecule has 3 aliphatic rings. The van der Waals surface area contributed by atoms with Gasteiger partial charge in [-0.15, -0.1) is 0 Å². The molecule has 0 bridgehead atoms. The first-order valence-electron chi connectivity index (χ1n) is 11.5. The molecule has 0 saturated carbocycles. The number of hydrogen-bond acceptors (Lipinski definition) is 4. The second-order valence-corrected chi connectivity index (χ2v) is 12.2. The minimum Gasteiger partial charge on any atom is -0.320 e. The van der Waals surface area contributed by atoms with Crippen molar-refractivity contribution >= 4 is 27.4 Å². The quantitative estimate of drug-likeness (QED) is 0.660.